The Hall–Kier alpha value is -3.15. The van der Waals surface area contributed by atoms with Gasteiger partial charge in [-0.2, -0.15) is 0 Å². The van der Waals surface area contributed by atoms with Gasteiger partial charge in [0.15, 0.2) is 6.10 Å². The molecule has 0 fully saturated rings. The highest BCUT2D eigenvalue weighted by Crippen LogP contribution is 2.17. The molecule has 0 N–H and O–H groups in total. The molecule has 0 amide bonds. The summed E-state index contributed by atoms with van der Waals surface area (Å²) in [4.78, 5) is 38.4. The van der Waals surface area contributed by atoms with Gasteiger partial charge in [-0.3, -0.25) is 14.4 Å². The van der Waals surface area contributed by atoms with Crippen molar-refractivity contribution in [3.63, 3.8) is 0 Å². The van der Waals surface area contributed by atoms with Crippen molar-refractivity contribution < 1.29 is 28.6 Å². The fourth-order valence-electron chi connectivity index (χ4n) is 10.3. The lowest BCUT2D eigenvalue weighted by molar-refractivity contribution is -0.167. The lowest BCUT2D eigenvalue weighted by Gasteiger charge is -2.18. The van der Waals surface area contributed by atoms with E-state index in [1.165, 1.54) is 231 Å². The van der Waals surface area contributed by atoms with Crippen LogP contribution < -0.4 is 0 Å². The average molecular weight is 1130 g/mol. The van der Waals surface area contributed by atoms with Crippen molar-refractivity contribution in [2.75, 3.05) is 13.2 Å². The van der Waals surface area contributed by atoms with E-state index in [1.54, 1.807) is 0 Å². The van der Waals surface area contributed by atoms with Crippen LogP contribution in [0.4, 0.5) is 0 Å². The number of allylic oxidation sites excluding steroid dienone is 12. The standard InChI is InChI=1S/C75H134O6/c1-4-7-10-13-16-19-22-25-28-31-33-34-35-36-37-38-39-40-41-42-43-45-47-50-53-56-59-62-65-68-74(77)80-71-72(70-79-73(76)67-64-61-58-55-52-49-46-30-27-24-21-18-15-12-9-6-3)81-75(78)69-66-63-60-57-54-51-48-44-32-29-26-23-20-17-14-11-8-5-2/h20-25,29-33,46,72H,4-19,26-28,34-45,47-71H2,1-3H3/b23-20-,24-21-,25-22-,32-29-,33-31-,46-30-. The Labute approximate surface area is 503 Å². The van der Waals surface area contributed by atoms with E-state index in [-0.39, 0.29) is 31.1 Å². The maximum atomic E-state index is 12.9. The largest absolute Gasteiger partial charge is 0.462 e. The molecule has 6 heteroatoms. The van der Waals surface area contributed by atoms with Crippen molar-refractivity contribution in [1.29, 1.82) is 0 Å². The van der Waals surface area contributed by atoms with E-state index in [4.69, 9.17) is 14.2 Å². The molecule has 0 rings (SSSR count). The molecule has 0 saturated carbocycles. The second-order valence-electron chi connectivity index (χ2n) is 23.8. The smallest absolute Gasteiger partial charge is 0.306 e. The van der Waals surface area contributed by atoms with Gasteiger partial charge in [0.25, 0.3) is 0 Å². The van der Waals surface area contributed by atoms with E-state index in [2.05, 4.69) is 93.7 Å². The number of hydrogen-bond acceptors (Lipinski definition) is 6. The molecule has 0 aromatic carbocycles. The van der Waals surface area contributed by atoms with Gasteiger partial charge in [-0.05, 0) is 116 Å². The van der Waals surface area contributed by atoms with Gasteiger partial charge in [-0.15, -0.1) is 0 Å². The number of hydrogen-bond donors (Lipinski definition) is 0. The molecule has 0 radical (unpaired) electrons. The first-order valence-electron chi connectivity index (χ1n) is 35.4. The lowest BCUT2D eigenvalue weighted by atomic mass is 10.0. The summed E-state index contributed by atoms with van der Waals surface area (Å²) in [6, 6.07) is 0. The molecule has 0 heterocycles. The SMILES string of the molecule is CCCCCC/C=C\C/C=C\CCCCCCCCCC(=O)OC(COC(=O)CCCCCCC/C=C\C/C=C\CCCCCC)COC(=O)CCCCCCCCCCCCCCCCCCC/C=C\C/C=C\CCCCCCC. The molecule has 0 aromatic heterocycles. The molecule has 0 aromatic rings. The number of esters is 3. The Balaban J connectivity index is 4.27. The zero-order chi connectivity index (χ0) is 58.5. The summed E-state index contributed by atoms with van der Waals surface area (Å²) in [5.41, 5.74) is 0. The Morgan fingerprint density at radius 2 is 0.444 bits per heavy atom. The van der Waals surface area contributed by atoms with E-state index in [0.29, 0.717) is 19.3 Å². The Bertz CT molecular complexity index is 1490. The predicted octanol–water partition coefficient (Wildman–Crippen LogP) is 24.4. The Kier molecular flexibility index (Phi) is 66.6. The van der Waals surface area contributed by atoms with Crippen LogP contribution in [-0.2, 0) is 28.6 Å². The highest BCUT2D eigenvalue weighted by Gasteiger charge is 2.19. The summed E-state index contributed by atoms with van der Waals surface area (Å²) in [5, 5.41) is 0. The number of carbonyl (C=O) groups excluding carboxylic acids is 3. The molecule has 0 aliphatic heterocycles. The molecule has 0 aliphatic rings. The van der Waals surface area contributed by atoms with Crippen LogP contribution in [0.5, 0.6) is 0 Å². The maximum Gasteiger partial charge on any atom is 0.306 e. The fraction of sp³-hybridized carbons (Fsp3) is 0.800. The van der Waals surface area contributed by atoms with Crippen molar-refractivity contribution in [1.82, 2.24) is 0 Å². The number of ether oxygens (including phenoxy) is 3. The van der Waals surface area contributed by atoms with Gasteiger partial charge in [0, 0.05) is 19.3 Å². The molecule has 1 unspecified atom stereocenters. The molecule has 470 valence electrons. The topological polar surface area (TPSA) is 78.9 Å². The van der Waals surface area contributed by atoms with Crippen LogP contribution in [-0.4, -0.2) is 37.2 Å². The second kappa shape index (κ2) is 69.3. The quantitative estimate of drug-likeness (QED) is 0.0261. The minimum atomic E-state index is -0.786. The molecule has 0 saturated heterocycles. The molecule has 0 bridgehead atoms. The third-order valence-electron chi connectivity index (χ3n) is 15.7. The van der Waals surface area contributed by atoms with Crippen LogP contribution in [0.15, 0.2) is 72.9 Å². The minimum absolute atomic E-state index is 0.0804. The van der Waals surface area contributed by atoms with Gasteiger partial charge in [0.05, 0.1) is 0 Å². The van der Waals surface area contributed by atoms with Crippen LogP contribution in [0.25, 0.3) is 0 Å². The molecular formula is C75H134O6. The van der Waals surface area contributed by atoms with E-state index in [9.17, 15) is 14.4 Å². The molecule has 1 atom stereocenters. The van der Waals surface area contributed by atoms with Crippen LogP contribution in [0.2, 0.25) is 0 Å². The normalized spacial score (nSPS) is 12.5. The first kappa shape index (κ1) is 77.9. The molecular weight excluding hydrogens is 997 g/mol. The van der Waals surface area contributed by atoms with Crippen molar-refractivity contribution >= 4 is 17.9 Å². The van der Waals surface area contributed by atoms with E-state index >= 15 is 0 Å². The number of unbranched alkanes of at least 4 members (excludes halogenated alkanes) is 42. The lowest BCUT2D eigenvalue weighted by Crippen LogP contribution is -2.30. The number of carbonyl (C=O) groups is 3. The van der Waals surface area contributed by atoms with E-state index in [0.717, 1.165) is 96.3 Å². The summed E-state index contributed by atoms with van der Waals surface area (Å²) in [6.45, 7) is 6.63. The van der Waals surface area contributed by atoms with Crippen LogP contribution in [0.3, 0.4) is 0 Å². The van der Waals surface area contributed by atoms with Gasteiger partial charge in [0.1, 0.15) is 13.2 Å². The summed E-state index contributed by atoms with van der Waals surface area (Å²) >= 11 is 0. The van der Waals surface area contributed by atoms with Crippen LogP contribution in [0.1, 0.15) is 367 Å². The summed E-state index contributed by atoms with van der Waals surface area (Å²) in [5.74, 6) is -0.883. The van der Waals surface area contributed by atoms with Gasteiger partial charge in [-0.1, -0.05) is 306 Å². The zero-order valence-corrected chi connectivity index (χ0v) is 54.1. The highest BCUT2D eigenvalue weighted by molar-refractivity contribution is 5.71. The minimum Gasteiger partial charge on any atom is -0.462 e. The highest BCUT2D eigenvalue weighted by atomic mass is 16.6. The van der Waals surface area contributed by atoms with Crippen molar-refractivity contribution in [2.24, 2.45) is 0 Å². The Morgan fingerprint density at radius 3 is 0.691 bits per heavy atom. The predicted molar refractivity (Wildman–Crippen MR) is 353 cm³/mol. The molecule has 0 aliphatic carbocycles. The fourth-order valence-corrected chi connectivity index (χ4v) is 10.3. The third-order valence-corrected chi connectivity index (χ3v) is 15.7. The third kappa shape index (κ3) is 67.5. The Morgan fingerprint density at radius 1 is 0.247 bits per heavy atom. The monoisotopic (exact) mass is 1130 g/mol. The van der Waals surface area contributed by atoms with Gasteiger partial charge < -0.3 is 14.2 Å². The van der Waals surface area contributed by atoms with Gasteiger partial charge >= 0.3 is 17.9 Å². The van der Waals surface area contributed by atoms with E-state index in [1.807, 2.05) is 0 Å². The second-order valence-corrected chi connectivity index (χ2v) is 23.8. The maximum absolute atomic E-state index is 12.9. The van der Waals surface area contributed by atoms with Crippen molar-refractivity contribution in [3.05, 3.63) is 72.9 Å². The average Bonchev–Trinajstić information content (AvgIpc) is 3.47. The zero-order valence-electron chi connectivity index (χ0n) is 54.1. The van der Waals surface area contributed by atoms with Crippen LogP contribution in [0, 0.1) is 0 Å². The summed E-state index contributed by atoms with van der Waals surface area (Å²) < 4.78 is 17.0. The summed E-state index contributed by atoms with van der Waals surface area (Å²) in [7, 11) is 0. The van der Waals surface area contributed by atoms with Gasteiger partial charge in [0.2, 0.25) is 0 Å². The van der Waals surface area contributed by atoms with E-state index < -0.39 is 6.10 Å². The van der Waals surface area contributed by atoms with Crippen molar-refractivity contribution in [3.8, 4) is 0 Å². The number of rotatable bonds is 65. The van der Waals surface area contributed by atoms with Crippen LogP contribution >= 0.6 is 0 Å². The molecule has 6 nitrogen and oxygen atoms in total. The van der Waals surface area contributed by atoms with Crippen molar-refractivity contribution in [2.45, 2.75) is 374 Å². The first-order chi connectivity index (χ1) is 40.0. The first-order valence-corrected chi connectivity index (χ1v) is 35.4. The van der Waals surface area contributed by atoms with Gasteiger partial charge in [-0.25, -0.2) is 0 Å². The molecule has 81 heavy (non-hydrogen) atoms. The summed E-state index contributed by atoms with van der Waals surface area (Å²) in [6.07, 6.45) is 90.7. The molecule has 0 spiro atoms.